The molecule has 2 atom stereocenters. The van der Waals surface area contributed by atoms with Gasteiger partial charge in [0.15, 0.2) is 0 Å². The molecule has 1 nitrogen and oxygen atoms in total. The Labute approximate surface area is 244 Å². The maximum Gasteiger partial charge on any atom is 0.0493 e. The van der Waals surface area contributed by atoms with Crippen LogP contribution in [0.3, 0.4) is 0 Å². The van der Waals surface area contributed by atoms with Gasteiger partial charge in [-0.1, -0.05) is 116 Å². The minimum absolute atomic E-state index is 0.00190. The summed E-state index contributed by atoms with van der Waals surface area (Å²) in [5, 5.41) is 2.75. The monoisotopic (exact) mass is 531 g/mol. The van der Waals surface area contributed by atoms with Gasteiger partial charge in [-0.25, -0.2) is 0 Å². The van der Waals surface area contributed by atoms with E-state index in [1.807, 2.05) is 0 Å². The van der Waals surface area contributed by atoms with Gasteiger partial charge < -0.3 is 4.90 Å². The molecule has 2 unspecified atom stereocenters. The fourth-order valence-electron chi connectivity index (χ4n) is 8.50. The van der Waals surface area contributed by atoms with Crippen molar-refractivity contribution in [1.29, 1.82) is 0 Å². The van der Waals surface area contributed by atoms with Crippen LogP contribution in [0.1, 0.15) is 58.7 Å². The van der Waals surface area contributed by atoms with E-state index in [1.54, 1.807) is 0 Å². The Hall–Kier alpha value is -4.10. The van der Waals surface area contributed by atoms with Gasteiger partial charge in [0, 0.05) is 28.7 Å². The molecule has 0 saturated heterocycles. The Kier molecular flexibility index (Phi) is 5.39. The lowest BCUT2D eigenvalue weighted by molar-refractivity contribution is 0.192. The highest BCUT2D eigenvalue weighted by Gasteiger charge is 2.57. The predicted molar refractivity (Wildman–Crippen MR) is 173 cm³/mol. The maximum atomic E-state index is 2.62. The van der Waals surface area contributed by atoms with Gasteiger partial charge >= 0.3 is 0 Å². The molecule has 1 spiro atoms. The molecule has 0 aromatic heterocycles. The van der Waals surface area contributed by atoms with Crippen molar-refractivity contribution in [2.75, 3.05) is 11.4 Å². The number of hydrogen-bond donors (Lipinski definition) is 0. The van der Waals surface area contributed by atoms with E-state index in [0.29, 0.717) is 5.92 Å². The molecule has 1 heterocycles. The van der Waals surface area contributed by atoms with Crippen LogP contribution < -0.4 is 4.90 Å². The molecule has 0 saturated carbocycles. The van der Waals surface area contributed by atoms with Crippen molar-refractivity contribution in [2.24, 2.45) is 5.41 Å². The lowest BCUT2D eigenvalue weighted by atomic mass is 9.56. The Morgan fingerprint density at radius 1 is 0.756 bits per heavy atom. The number of para-hydroxylation sites is 1. The van der Waals surface area contributed by atoms with E-state index >= 15 is 0 Å². The summed E-state index contributed by atoms with van der Waals surface area (Å²) in [7, 11) is 0. The highest BCUT2D eigenvalue weighted by molar-refractivity contribution is 6.03. The molecular formula is C40H37N. The topological polar surface area (TPSA) is 3.24 Å². The molecule has 1 aliphatic heterocycles. The van der Waals surface area contributed by atoms with E-state index in [9.17, 15) is 0 Å². The zero-order valence-electron chi connectivity index (χ0n) is 24.3. The minimum Gasteiger partial charge on any atom is -0.340 e. The summed E-state index contributed by atoms with van der Waals surface area (Å²) in [4.78, 5) is 2.58. The number of nitrogens with zero attached hydrogens (tertiary/aromatic N) is 1. The standard InChI is InChI=1S/C40H37N/c1-27-17-18-32-31-19-21-40(26-30(31)25-38(34(32)23-27)41-22-20-29-13-7-10-16-37(29)41)36(24-28-11-5-4-6-12-28)33-14-8-9-15-35(33)39(40,2)3/h4-19,21,23,25,36H,20,22,24,26H2,1-3H3. The molecule has 5 aromatic rings. The van der Waals surface area contributed by atoms with E-state index in [0.717, 1.165) is 25.8 Å². The molecule has 0 fully saturated rings. The number of rotatable bonds is 3. The average Bonchev–Trinajstić information content (AvgIpc) is 3.49. The molecule has 0 radical (unpaired) electrons. The third-order valence-corrected chi connectivity index (χ3v) is 10.7. The molecular weight excluding hydrogens is 494 g/mol. The summed E-state index contributed by atoms with van der Waals surface area (Å²) in [6.07, 6.45) is 8.31. The predicted octanol–water partition coefficient (Wildman–Crippen LogP) is 9.72. The van der Waals surface area contributed by atoms with Crippen molar-refractivity contribution in [3.63, 3.8) is 0 Å². The van der Waals surface area contributed by atoms with Crippen LogP contribution in [0.5, 0.6) is 0 Å². The summed E-state index contributed by atoms with van der Waals surface area (Å²) >= 11 is 0. The molecule has 2 aliphatic carbocycles. The van der Waals surface area contributed by atoms with E-state index in [-0.39, 0.29) is 10.8 Å². The summed E-state index contributed by atoms with van der Waals surface area (Å²) in [6.45, 7) is 8.25. The first-order valence-electron chi connectivity index (χ1n) is 15.2. The van der Waals surface area contributed by atoms with Crippen molar-refractivity contribution >= 4 is 28.2 Å². The van der Waals surface area contributed by atoms with E-state index < -0.39 is 0 Å². The van der Waals surface area contributed by atoms with Crippen LogP contribution in [0.2, 0.25) is 0 Å². The van der Waals surface area contributed by atoms with Crippen molar-refractivity contribution in [2.45, 2.75) is 51.4 Å². The second-order valence-corrected chi connectivity index (χ2v) is 13.1. The number of anilines is 2. The largest absolute Gasteiger partial charge is 0.340 e. The van der Waals surface area contributed by atoms with Crippen molar-refractivity contribution < 1.29 is 0 Å². The van der Waals surface area contributed by atoms with E-state index in [2.05, 4.69) is 141 Å². The van der Waals surface area contributed by atoms with Crippen LogP contribution in [0, 0.1) is 12.3 Å². The molecule has 3 aliphatic rings. The zero-order valence-corrected chi connectivity index (χ0v) is 24.3. The first-order chi connectivity index (χ1) is 20.0. The van der Waals surface area contributed by atoms with Crippen LogP contribution in [0.4, 0.5) is 11.4 Å². The molecule has 41 heavy (non-hydrogen) atoms. The molecule has 5 aromatic carbocycles. The number of aryl methyl sites for hydroxylation is 1. The minimum atomic E-state index is -0.00190. The van der Waals surface area contributed by atoms with Gasteiger partial charge in [0.25, 0.3) is 0 Å². The summed E-state index contributed by atoms with van der Waals surface area (Å²) in [6, 6.07) is 39.0. The smallest absolute Gasteiger partial charge is 0.0493 e. The highest BCUT2D eigenvalue weighted by Crippen LogP contribution is 2.64. The second kappa shape index (κ2) is 8.95. The Morgan fingerprint density at radius 2 is 1.54 bits per heavy atom. The third kappa shape index (κ3) is 3.54. The van der Waals surface area contributed by atoms with E-state index in [4.69, 9.17) is 0 Å². The molecule has 202 valence electrons. The highest BCUT2D eigenvalue weighted by atomic mass is 15.2. The van der Waals surface area contributed by atoms with Crippen LogP contribution in [0.15, 0.2) is 109 Å². The van der Waals surface area contributed by atoms with Gasteiger partial charge in [0.05, 0.1) is 0 Å². The van der Waals surface area contributed by atoms with Crippen LogP contribution >= 0.6 is 0 Å². The molecule has 1 heteroatoms. The fraction of sp³-hybridized carbons (Fsp3) is 0.250. The maximum absolute atomic E-state index is 2.62. The zero-order chi connectivity index (χ0) is 27.8. The summed E-state index contributed by atoms with van der Waals surface area (Å²) in [5.74, 6) is 0.421. The number of allylic oxidation sites excluding steroid dienone is 1. The Balaban J connectivity index is 1.33. The van der Waals surface area contributed by atoms with Gasteiger partial charge in [-0.3, -0.25) is 0 Å². The third-order valence-electron chi connectivity index (χ3n) is 10.7. The summed E-state index contributed by atoms with van der Waals surface area (Å²) < 4.78 is 0. The van der Waals surface area contributed by atoms with Gasteiger partial charge in [-0.2, -0.15) is 0 Å². The molecule has 8 rings (SSSR count). The van der Waals surface area contributed by atoms with Gasteiger partial charge in [0.1, 0.15) is 0 Å². The average molecular weight is 532 g/mol. The van der Waals surface area contributed by atoms with Gasteiger partial charge in [-0.05, 0) is 94.5 Å². The second-order valence-electron chi connectivity index (χ2n) is 13.1. The lowest BCUT2D eigenvalue weighted by Gasteiger charge is -2.46. The molecule has 0 N–H and O–H groups in total. The quantitative estimate of drug-likeness (QED) is 0.224. The van der Waals surface area contributed by atoms with Gasteiger partial charge in [-0.15, -0.1) is 0 Å². The lowest BCUT2D eigenvalue weighted by Crippen LogP contribution is -2.42. The SMILES string of the molecule is Cc1ccc2c3c(cc(N4CCc5ccccc54)c2c1)CC1(C=C3)C(Cc2ccccc2)c2ccccc2C1(C)C. The van der Waals surface area contributed by atoms with Gasteiger partial charge in [0.2, 0.25) is 0 Å². The molecule has 0 amide bonds. The Morgan fingerprint density at radius 3 is 2.41 bits per heavy atom. The van der Waals surface area contributed by atoms with E-state index in [1.165, 1.54) is 61.1 Å². The summed E-state index contributed by atoms with van der Waals surface area (Å²) in [5.41, 5.74) is 12.9. The fourth-order valence-corrected chi connectivity index (χ4v) is 8.50. The number of benzene rings is 5. The first-order valence-corrected chi connectivity index (χ1v) is 15.2. The van der Waals surface area contributed by atoms with Crippen LogP contribution in [-0.4, -0.2) is 6.54 Å². The number of hydrogen-bond acceptors (Lipinski definition) is 1. The molecule has 0 bridgehead atoms. The van der Waals surface area contributed by atoms with Crippen molar-refractivity contribution in [3.8, 4) is 0 Å². The first kappa shape index (κ1) is 24.7. The number of fused-ring (bicyclic) bond motifs is 5. The Bertz CT molecular complexity index is 1840. The van der Waals surface area contributed by atoms with Crippen molar-refractivity contribution in [3.05, 3.63) is 148 Å². The van der Waals surface area contributed by atoms with Crippen LogP contribution in [0.25, 0.3) is 16.8 Å². The van der Waals surface area contributed by atoms with Crippen molar-refractivity contribution in [1.82, 2.24) is 0 Å². The van der Waals surface area contributed by atoms with Crippen LogP contribution in [-0.2, 0) is 24.7 Å². The normalized spacial score (nSPS) is 21.7.